The zero-order valence-corrected chi connectivity index (χ0v) is 11.5. The lowest BCUT2D eigenvalue weighted by molar-refractivity contribution is 0.489. The fourth-order valence-corrected chi connectivity index (χ4v) is 2.39. The molecule has 0 aliphatic rings. The number of aryl methyl sites for hydroxylation is 2. The van der Waals surface area contributed by atoms with Crippen LogP contribution < -0.4 is 10.3 Å². The first-order chi connectivity index (χ1) is 8.70. The van der Waals surface area contributed by atoms with Crippen LogP contribution in [0.15, 0.2) is 21.3 Å². The highest BCUT2D eigenvalue weighted by molar-refractivity contribution is 7.87. The van der Waals surface area contributed by atoms with Gasteiger partial charge in [-0.3, -0.25) is 9.27 Å². The maximum absolute atomic E-state index is 11.6. The summed E-state index contributed by atoms with van der Waals surface area (Å²) in [5.74, 6) is 0. The fraction of sp³-hybridized carbons (Fsp3) is 0.250. The maximum Gasteiger partial charge on any atom is 0.357 e. The fourth-order valence-electron chi connectivity index (χ4n) is 1.89. The number of rotatable bonds is 2. The van der Waals surface area contributed by atoms with E-state index in [0.717, 1.165) is 10.9 Å². The van der Waals surface area contributed by atoms with Crippen molar-refractivity contribution in [3.8, 4) is 0 Å². The summed E-state index contributed by atoms with van der Waals surface area (Å²) in [5.41, 5.74) is 1.76. The second-order valence-corrected chi connectivity index (χ2v) is 5.49. The average Bonchev–Trinajstić information content (AvgIpc) is 2.29. The third kappa shape index (κ3) is 2.47. The van der Waals surface area contributed by atoms with E-state index in [4.69, 9.17) is 8.97 Å². The highest BCUT2D eigenvalue weighted by Gasteiger charge is 2.14. The van der Waals surface area contributed by atoms with Gasteiger partial charge in [-0.05, 0) is 38.5 Å². The number of hydrogen-bond acceptors (Lipinski definition) is 4. The molecule has 0 saturated carbocycles. The predicted molar refractivity (Wildman–Crippen MR) is 71.9 cm³/mol. The molecule has 19 heavy (non-hydrogen) atoms. The Kier molecular flexibility index (Phi) is 3.11. The van der Waals surface area contributed by atoms with Crippen molar-refractivity contribution >= 4 is 27.0 Å². The Labute approximate surface area is 109 Å². The van der Waals surface area contributed by atoms with Gasteiger partial charge >= 0.3 is 15.9 Å². The van der Waals surface area contributed by atoms with Gasteiger partial charge in [0, 0.05) is 16.5 Å². The van der Waals surface area contributed by atoms with E-state index in [1.165, 1.54) is 6.07 Å². The third-order valence-electron chi connectivity index (χ3n) is 3.11. The summed E-state index contributed by atoms with van der Waals surface area (Å²) in [5, 5.41) is 0.732. The van der Waals surface area contributed by atoms with Crippen molar-refractivity contribution in [3.05, 3.63) is 39.2 Å². The van der Waals surface area contributed by atoms with Crippen molar-refractivity contribution in [2.45, 2.75) is 20.8 Å². The van der Waals surface area contributed by atoms with E-state index in [2.05, 4.69) is 0 Å². The summed E-state index contributed by atoms with van der Waals surface area (Å²) in [4.78, 5) is 11.6. The number of anilines is 1. The molecule has 0 saturated heterocycles. The number of benzene rings is 1. The summed E-state index contributed by atoms with van der Waals surface area (Å²) in [6.07, 6.45) is 0. The molecule has 0 bridgehead atoms. The largest absolute Gasteiger partial charge is 0.422 e. The normalized spacial score (nSPS) is 11.8. The Morgan fingerprint density at radius 1 is 1.11 bits per heavy atom. The highest BCUT2D eigenvalue weighted by atomic mass is 32.2. The zero-order chi connectivity index (χ0) is 14.4. The van der Waals surface area contributed by atoms with Crippen molar-refractivity contribution in [2.75, 3.05) is 4.72 Å². The molecule has 102 valence electrons. The van der Waals surface area contributed by atoms with Crippen LogP contribution in [0.2, 0.25) is 0 Å². The first-order valence-corrected chi connectivity index (χ1v) is 6.93. The van der Waals surface area contributed by atoms with Crippen LogP contribution in [0.25, 0.3) is 11.0 Å². The van der Waals surface area contributed by atoms with Crippen LogP contribution in [0, 0.1) is 20.8 Å². The Morgan fingerprint density at radius 2 is 1.74 bits per heavy atom. The molecule has 1 aromatic heterocycles. The van der Waals surface area contributed by atoms with Gasteiger partial charge in [0.25, 0.3) is 0 Å². The summed E-state index contributed by atoms with van der Waals surface area (Å²) < 4.78 is 37.6. The van der Waals surface area contributed by atoms with E-state index in [9.17, 15) is 13.2 Å². The maximum atomic E-state index is 11.6. The average molecular weight is 283 g/mol. The van der Waals surface area contributed by atoms with E-state index < -0.39 is 15.9 Å². The van der Waals surface area contributed by atoms with Crippen LogP contribution in [0.3, 0.4) is 0 Å². The molecule has 0 aliphatic heterocycles. The minimum absolute atomic E-state index is 0.168. The molecule has 0 aliphatic carbocycles. The van der Waals surface area contributed by atoms with E-state index in [-0.39, 0.29) is 5.69 Å². The van der Waals surface area contributed by atoms with Gasteiger partial charge < -0.3 is 4.42 Å². The second-order valence-electron chi connectivity index (χ2n) is 4.33. The molecular formula is C12H13NO5S. The van der Waals surface area contributed by atoms with Gasteiger partial charge in [-0.2, -0.15) is 8.42 Å². The van der Waals surface area contributed by atoms with Crippen molar-refractivity contribution in [2.24, 2.45) is 0 Å². The van der Waals surface area contributed by atoms with Gasteiger partial charge in [-0.15, -0.1) is 0 Å². The Hall–Kier alpha value is -1.86. The lowest BCUT2D eigenvalue weighted by Crippen LogP contribution is -2.12. The minimum Gasteiger partial charge on any atom is -0.422 e. The SMILES string of the molecule is Cc1c(C)c2ccc(NS(=O)(=O)O)c(C)c2oc1=O. The number of hydrogen-bond donors (Lipinski definition) is 2. The molecule has 2 N–H and O–H groups in total. The highest BCUT2D eigenvalue weighted by Crippen LogP contribution is 2.28. The van der Waals surface area contributed by atoms with E-state index in [1.807, 2.05) is 4.72 Å². The quantitative estimate of drug-likeness (QED) is 0.648. The molecule has 2 aromatic rings. The molecule has 1 aromatic carbocycles. The van der Waals surface area contributed by atoms with Crippen LogP contribution in [0.4, 0.5) is 5.69 Å². The second kappa shape index (κ2) is 4.36. The molecular weight excluding hydrogens is 270 g/mol. The van der Waals surface area contributed by atoms with Crippen LogP contribution in [0.1, 0.15) is 16.7 Å². The molecule has 0 spiro atoms. The lowest BCUT2D eigenvalue weighted by atomic mass is 10.0. The molecule has 2 rings (SSSR count). The first-order valence-electron chi connectivity index (χ1n) is 5.49. The summed E-state index contributed by atoms with van der Waals surface area (Å²) in [6, 6.07) is 3.15. The molecule has 6 nitrogen and oxygen atoms in total. The van der Waals surface area contributed by atoms with Crippen LogP contribution in [-0.2, 0) is 10.3 Å². The van der Waals surface area contributed by atoms with Crippen molar-refractivity contribution < 1.29 is 17.4 Å². The predicted octanol–water partition coefficient (Wildman–Crippen LogP) is 1.93. The molecule has 0 radical (unpaired) electrons. The molecule has 0 unspecified atom stereocenters. The van der Waals surface area contributed by atoms with E-state index >= 15 is 0 Å². The number of nitrogens with one attached hydrogen (secondary N) is 1. The van der Waals surface area contributed by atoms with Gasteiger partial charge in [0.15, 0.2) is 0 Å². The Bertz CT molecular complexity index is 820. The standard InChI is InChI=1S/C12H13NO5S/c1-6-7(2)12(14)18-11-8(3)10(5-4-9(6)11)13-19(15,16)17/h4-5,13H,1-3H3,(H,15,16,17). The minimum atomic E-state index is -4.37. The Morgan fingerprint density at radius 3 is 2.32 bits per heavy atom. The smallest absolute Gasteiger partial charge is 0.357 e. The van der Waals surface area contributed by atoms with Crippen LogP contribution >= 0.6 is 0 Å². The van der Waals surface area contributed by atoms with Gasteiger partial charge in [0.1, 0.15) is 5.58 Å². The van der Waals surface area contributed by atoms with Gasteiger partial charge in [-0.25, -0.2) is 4.79 Å². The molecule has 0 amide bonds. The van der Waals surface area contributed by atoms with Gasteiger partial charge in [0.2, 0.25) is 0 Å². The zero-order valence-electron chi connectivity index (χ0n) is 10.6. The summed E-state index contributed by atoms with van der Waals surface area (Å²) in [7, 11) is -4.37. The summed E-state index contributed by atoms with van der Waals surface area (Å²) >= 11 is 0. The monoisotopic (exact) mass is 283 g/mol. The van der Waals surface area contributed by atoms with Crippen molar-refractivity contribution in [1.29, 1.82) is 0 Å². The van der Waals surface area contributed by atoms with Crippen LogP contribution in [0.5, 0.6) is 0 Å². The topological polar surface area (TPSA) is 96.6 Å². The Balaban J connectivity index is 2.79. The lowest BCUT2D eigenvalue weighted by Gasteiger charge is -2.10. The number of fused-ring (bicyclic) bond motifs is 1. The van der Waals surface area contributed by atoms with Gasteiger partial charge in [0.05, 0.1) is 5.69 Å². The van der Waals surface area contributed by atoms with Crippen molar-refractivity contribution in [3.63, 3.8) is 0 Å². The molecule has 0 fully saturated rings. The van der Waals surface area contributed by atoms with Crippen LogP contribution in [-0.4, -0.2) is 13.0 Å². The van der Waals surface area contributed by atoms with E-state index in [1.54, 1.807) is 26.8 Å². The van der Waals surface area contributed by atoms with Crippen molar-refractivity contribution in [1.82, 2.24) is 0 Å². The van der Waals surface area contributed by atoms with Gasteiger partial charge in [-0.1, -0.05) is 0 Å². The summed E-state index contributed by atoms with van der Waals surface area (Å²) in [6.45, 7) is 5.07. The van der Waals surface area contributed by atoms with E-state index in [0.29, 0.717) is 16.7 Å². The molecule has 7 heteroatoms. The molecule has 1 heterocycles. The first kappa shape index (κ1) is 13.6. The molecule has 0 atom stereocenters. The third-order valence-corrected chi connectivity index (χ3v) is 3.59.